The molecule has 3 aromatic rings. The summed E-state index contributed by atoms with van der Waals surface area (Å²) in [5.41, 5.74) is 4.39. The van der Waals surface area contributed by atoms with E-state index in [0.29, 0.717) is 5.82 Å². The summed E-state index contributed by atoms with van der Waals surface area (Å²) in [6, 6.07) is 8.07. The number of thiophene rings is 1. The van der Waals surface area contributed by atoms with Crippen LogP contribution < -0.4 is 5.32 Å². The van der Waals surface area contributed by atoms with Crippen molar-refractivity contribution in [3.05, 3.63) is 57.5 Å². The van der Waals surface area contributed by atoms with Crippen molar-refractivity contribution in [2.24, 2.45) is 0 Å². The maximum absolute atomic E-state index is 4.71. The molecular formula is C20H23N5S. The number of fused-ring (bicyclic) bond motifs is 1. The molecule has 0 saturated carbocycles. The Morgan fingerprint density at radius 1 is 1.19 bits per heavy atom. The lowest BCUT2D eigenvalue weighted by molar-refractivity contribution is 0.266. The highest BCUT2D eigenvalue weighted by atomic mass is 32.1. The van der Waals surface area contributed by atoms with Gasteiger partial charge in [0.2, 0.25) is 0 Å². The molecule has 0 atom stereocenters. The van der Waals surface area contributed by atoms with Crippen LogP contribution in [0.15, 0.2) is 35.8 Å². The van der Waals surface area contributed by atoms with Crippen LogP contribution in [0.4, 0.5) is 5.82 Å². The van der Waals surface area contributed by atoms with Gasteiger partial charge >= 0.3 is 0 Å². The van der Waals surface area contributed by atoms with E-state index in [1.54, 1.807) is 11.1 Å². The summed E-state index contributed by atoms with van der Waals surface area (Å²) >= 11 is 1.89. The Bertz CT molecular complexity index is 890. The zero-order valence-electron chi connectivity index (χ0n) is 15.2. The maximum Gasteiger partial charge on any atom is 0.180 e. The first kappa shape index (κ1) is 17.1. The monoisotopic (exact) mass is 365 g/mol. The van der Waals surface area contributed by atoms with E-state index in [4.69, 9.17) is 4.98 Å². The van der Waals surface area contributed by atoms with Crippen molar-refractivity contribution in [3.63, 3.8) is 0 Å². The number of hydrogen-bond donors (Lipinski definition) is 1. The number of nitrogens with zero attached hydrogens (tertiary/aromatic N) is 4. The minimum Gasteiger partial charge on any atom is -0.368 e. The number of rotatable bonds is 5. The number of anilines is 1. The van der Waals surface area contributed by atoms with E-state index < -0.39 is 0 Å². The summed E-state index contributed by atoms with van der Waals surface area (Å²) in [6.45, 7) is 8.17. The standard InChI is InChI=1S/C20H23N5S/c1-14-15(2)23-20(17-5-3-4-8-21-17)24-19(14)22-9-11-25-10-6-18-16(13-25)7-12-26-18/h3-5,7-8,12H,6,9-11,13H2,1-2H3,(H,22,23,24). The predicted molar refractivity (Wildman–Crippen MR) is 107 cm³/mol. The number of nitrogens with one attached hydrogen (secondary N) is 1. The summed E-state index contributed by atoms with van der Waals surface area (Å²) in [5.74, 6) is 1.59. The summed E-state index contributed by atoms with van der Waals surface area (Å²) in [7, 11) is 0. The number of aromatic nitrogens is 3. The molecule has 26 heavy (non-hydrogen) atoms. The van der Waals surface area contributed by atoms with E-state index in [-0.39, 0.29) is 0 Å². The fourth-order valence-electron chi connectivity index (χ4n) is 3.24. The van der Waals surface area contributed by atoms with Gasteiger partial charge in [0.25, 0.3) is 0 Å². The van der Waals surface area contributed by atoms with Gasteiger partial charge in [0.1, 0.15) is 11.5 Å². The SMILES string of the molecule is Cc1nc(-c2ccccn2)nc(NCCN2CCc3sccc3C2)c1C. The molecule has 1 aliphatic rings. The molecule has 4 heterocycles. The normalized spacial score (nSPS) is 14.2. The topological polar surface area (TPSA) is 53.9 Å². The molecule has 3 aromatic heterocycles. The molecule has 4 rings (SSSR count). The lowest BCUT2D eigenvalue weighted by Gasteiger charge is -2.27. The quantitative estimate of drug-likeness (QED) is 0.747. The van der Waals surface area contributed by atoms with Crippen molar-refractivity contribution < 1.29 is 0 Å². The Labute approximate surface area is 158 Å². The number of aryl methyl sites for hydroxylation is 1. The van der Waals surface area contributed by atoms with Crippen LogP contribution in [0.2, 0.25) is 0 Å². The van der Waals surface area contributed by atoms with Gasteiger partial charge in [-0.1, -0.05) is 6.07 Å². The summed E-state index contributed by atoms with van der Waals surface area (Å²) < 4.78 is 0. The largest absolute Gasteiger partial charge is 0.368 e. The molecule has 0 aromatic carbocycles. The van der Waals surface area contributed by atoms with Crippen LogP contribution in [0.1, 0.15) is 21.7 Å². The summed E-state index contributed by atoms with van der Waals surface area (Å²) in [4.78, 5) is 17.7. The first-order valence-electron chi connectivity index (χ1n) is 8.99. The highest BCUT2D eigenvalue weighted by Gasteiger charge is 2.17. The van der Waals surface area contributed by atoms with E-state index in [1.165, 1.54) is 12.0 Å². The number of pyridine rings is 1. The van der Waals surface area contributed by atoms with Gasteiger partial charge in [0, 0.05) is 48.5 Å². The molecule has 1 N–H and O–H groups in total. The molecule has 0 bridgehead atoms. The van der Waals surface area contributed by atoms with Crippen LogP contribution >= 0.6 is 11.3 Å². The highest BCUT2D eigenvalue weighted by molar-refractivity contribution is 7.10. The maximum atomic E-state index is 4.71. The third-order valence-corrected chi connectivity index (χ3v) is 5.91. The van der Waals surface area contributed by atoms with Crippen LogP contribution in [0.5, 0.6) is 0 Å². The van der Waals surface area contributed by atoms with Gasteiger partial charge in [-0.05, 0) is 49.4 Å². The summed E-state index contributed by atoms with van der Waals surface area (Å²) in [6.07, 6.45) is 2.94. The van der Waals surface area contributed by atoms with Crippen molar-refractivity contribution in [2.75, 3.05) is 25.0 Å². The smallest absolute Gasteiger partial charge is 0.180 e. The lowest BCUT2D eigenvalue weighted by atomic mass is 10.1. The van der Waals surface area contributed by atoms with Crippen molar-refractivity contribution in [1.29, 1.82) is 0 Å². The molecule has 0 unspecified atom stereocenters. The third kappa shape index (κ3) is 3.61. The van der Waals surface area contributed by atoms with E-state index >= 15 is 0 Å². The van der Waals surface area contributed by atoms with E-state index in [2.05, 4.69) is 38.6 Å². The van der Waals surface area contributed by atoms with Crippen molar-refractivity contribution >= 4 is 17.2 Å². The van der Waals surface area contributed by atoms with Gasteiger partial charge in [-0.15, -0.1) is 11.3 Å². The zero-order valence-corrected chi connectivity index (χ0v) is 16.0. The van der Waals surface area contributed by atoms with Crippen molar-refractivity contribution in [3.8, 4) is 11.5 Å². The Morgan fingerprint density at radius 3 is 2.96 bits per heavy atom. The minimum atomic E-state index is 0.678. The minimum absolute atomic E-state index is 0.678. The molecule has 0 fully saturated rings. The van der Waals surface area contributed by atoms with Gasteiger partial charge in [0.05, 0.1) is 0 Å². The first-order chi connectivity index (χ1) is 12.7. The van der Waals surface area contributed by atoms with E-state index in [0.717, 1.165) is 48.9 Å². The second-order valence-corrected chi connectivity index (χ2v) is 7.64. The van der Waals surface area contributed by atoms with Crippen LogP contribution in [0, 0.1) is 13.8 Å². The summed E-state index contributed by atoms with van der Waals surface area (Å²) in [5, 5.41) is 5.72. The predicted octanol–water partition coefficient (Wildman–Crippen LogP) is 3.69. The van der Waals surface area contributed by atoms with Crippen LogP contribution in [-0.4, -0.2) is 39.5 Å². The zero-order chi connectivity index (χ0) is 17.9. The molecule has 1 aliphatic heterocycles. The van der Waals surface area contributed by atoms with Gasteiger partial charge in [0.15, 0.2) is 5.82 Å². The van der Waals surface area contributed by atoms with Crippen molar-refractivity contribution in [1.82, 2.24) is 19.9 Å². The molecule has 0 radical (unpaired) electrons. The fraction of sp³-hybridized carbons (Fsp3) is 0.350. The van der Waals surface area contributed by atoms with Gasteiger partial charge < -0.3 is 5.32 Å². The van der Waals surface area contributed by atoms with Gasteiger partial charge in [-0.2, -0.15) is 0 Å². The van der Waals surface area contributed by atoms with Crippen LogP contribution in [-0.2, 0) is 13.0 Å². The van der Waals surface area contributed by atoms with Gasteiger partial charge in [-0.25, -0.2) is 9.97 Å². The highest BCUT2D eigenvalue weighted by Crippen LogP contribution is 2.24. The number of hydrogen-bond acceptors (Lipinski definition) is 6. The van der Waals surface area contributed by atoms with Crippen LogP contribution in [0.25, 0.3) is 11.5 Å². The molecule has 0 aliphatic carbocycles. The molecule has 0 spiro atoms. The van der Waals surface area contributed by atoms with Gasteiger partial charge in [-0.3, -0.25) is 9.88 Å². The molecule has 134 valence electrons. The lowest BCUT2D eigenvalue weighted by Crippen LogP contribution is -2.33. The molecule has 6 heteroatoms. The molecule has 0 saturated heterocycles. The average Bonchev–Trinajstić information content (AvgIpc) is 3.13. The second kappa shape index (κ2) is 7.51. The Morgan fingerprint density at radius 2 is 2.12 bits per heavy atom. The molecular weight excluding hydrogens is 342 g/mol. The second-order valence-electron chi connectivity index (χ2n) is 6.64. The third-order valence-electron chi connectivity index (χ3n) is 4.89. The van der Waals surface area contributed by atoms with E-state index in [1.807, 2.05) is 36.5 Å². The Kier molecular flexibility index (Phi) is 4.95. The Balaban J connectivity index is 1.42. The Hall–Kier alpha value is -2.31. The van der Waals surface area contributed by atoms with Crippen LogP contribution in [0.3, 0.4) is 0 Å². The fourth-order valence-corrected chi connectivity index (χ4v) is 4.13. The molecule has 0 amide bonds. The average molecular weight is 366 g/mol. The van der Waals surface area contributed by atoms with E-state index in [9.17, 15) is 0 Å². The molecule has 5 nitrogen and oxygen atoms in total. The van der Waals surface area contributed by atoms with Crippen molar-refractivity contribution in [2.45, 2.75) is 26.8 Å². The first-order valence-corrected chi connectivity index (χ1v) is 9.87.